The van der Waals surface area contributed by atoms with Gasteiger partial charge in [-0.05, 0) is 68.3 Å². The molecule has 100 valence electrons. The van der Waals surface area contributed by atoms with Gasteiger partial charge in [-0.2, -0.15) is 0 Å². The van der Waals surface area contributed by atoms with Crippen molar-refractivity contribution in [1.29, 1.82) is 0 Å². The van der Waals surface area contributed by atoms with Crippen LogP contribution < -0.4 is 5.32 Å². The van der Waals surface area contributed by atoms with Gasteiger partial charge in [-0.25, -0.2) is 0 Å². The number of aryl methyl sites for hydroxylation is 3. The van der Waals surface area contributed by atoms with E-state index in [9.17, 15) is 5.11 Å². The van der Waals surface area contributed by atoms with E-state index < -0.39 is 0 Å². The summed E-state index contributed by atoms with van der Waals surface area (Å²) in [6.45, 7) is 9.62. The normalized spacial score (nSPS) is 26.1. The van der Waals surface area contributed by atoms with Crippen molar-refractivity contribution >= 4 is 0 Å². The zero-order chi connectivity index (χ0) is 13.3. The Labute approximate surface area is 110 Å². The van der Waals surface area contributed by atoms with Crippen molar-refractivity contribution in [3.8, 4) is 0 Å². The number of hydrogen-bond acceptors (Lipinski definition) is 2. The van der Waals surface area contributed by atoms with Crippen molar-refractivity contribution in [2.45, 2.75) is 52.7 Å². The van der Waals surface area contributed by atoms with Gasteiger partial charge in [0.1, 0.15) is 0 Å². The number of nitrogens with one attached hydrogen (secondary N) is 1. The van der Waals surface area contributed by atoms with E-state index in [1.54, 1.807) is 0 Å². The number of aliphatic hydroxyl groups excluding tert-OH is 1. The summed E-state index contributed by atoms with van der Waals surface area (Å²) in [6, 6.07) is 4.53. The average Bonchev–Trinajstić information content (AvgIpc) is 2.33. The lowest BCUT2D eigenvalue weighted by Crippen LogP contribution is -2.41. The van der Waals surface area contributed by atoms with Crippen LogP contribution in [-0.4, -0.2) is 17.7 Å². The Morgan fingerprint density at radius 3 is 2.50 bits per heavy atom. The van der Waals surface area contributed by atoms with Crippen molar-refractivity contribution < 1.29 is 5.11 Å². The van der Waals surface area contributed by atoms with E-state index >= 15 is 0 Å². The summed E-state index contributed by atoms with van der Waals surface area (Å²) in [5.41, 5.74) is 4.85. The molecule has 18 heavy (non-hydrogen) atoms. The second-order valence-corrected chi connectivity index (χ2v) is 5.93. The maximum Gasteiger partial charge on any atom is 0.0945 e. The topological polar surface area (TPSA) is 32.3 Å². The minimum Gasteiger partial charge on any atom is -0.387 e. The summed E-state index contributed by atoms with van der Waals surface area (Å²) in [5, 5.41) is 14.1. The first-order valence-corrected chi connectivity index (χ1v) is 6.98. The lowest BCUT2D eigenvalue weighted by Gasteiger charge is -2.32. The highest BCUT2D eigenvalue weighted by atomic mass is 16.3. The summed E-state index contributed by atoms with van der Waals surface area (Å²) < 4.78 is 0. The van der Waals surface area contributed by atoms with Crippen LogP contribution >= 0.6 is 0 Å². The molecule has 2 heteroatoms. The first-order valence-electron chi connectivity index (χ1n) is 6.98. The maximum atomic E-state index is 10.6. The third-order valence-corrected chi connectivity index (χ3v) is 4.28. The molecular formula is C16H25NO. The van der Waals surface area contributed by atoms with E-state index in [-0.39, 0.29) is 12.1 Å². The maximum absolute atomic E-state index is 10.6. The highest BCUT2D eigenvalue weighted by molar-refractivity contribution is 5.38. The largest absolute Gasteiger partial charge is 0.387 e. The Morgan fingerprint density at radius 2 is 1.83 bits per heavy atom. The summed E-state index contributed by atoms with van der Waals surface area (Å²) in [7, 11) is 0. The molecule has 0 saturated carbocycles. The van der Waals surface area contributed by atoms with Gasteiger partial charge in [-0.3, -0.25) is 0 Å². The second-order valence-electron chi connectivity index (χ2n) is 5.93. The van der Waals surface area contributed by atoms with Crippen molar-refractivity contribution in [3.05, 3.63) is 34.4 Å². The van der Waals surface area contributed by atoms with Gasteiger partial charge in [-0.15, -0.1) is 0 Å². The van der Waals surface area contributed by atoms with Gasteiger partial charge < -0.3 is 10.4 Å². The summed E-state index contributed by atoms with van der Waals surface area (Å²) in [6.07, 6.45) is 1.90. The number of piperidine rings is 1. The van der Waals surface area contributed by atoms with Gasteiger partial charge in [0.25, 0.3) is 0 Å². The fourth-order valence-corrected chi connectivity index (χ4v) is 2.91. The third-order valence-electron chi connectivity index (χ3n) is 4.28. The lowest BCUT2D eigenvalue weighted by atomic mass is 9.86. The van der Waals surface area contributed by atoms with Crippen molar-refractivity contribution in [1.82, 2.24) is 5.32 Å². The van der Waals surface area contributed by atoms with Crippen LogP contribution in [0.5, 0.6) is 0 Å². The molecule has 2 nitrogen and oxygen atoms in total. The van der Waals surface area contributed by atoms with Crippen LogP contribution in [-0.2, 0) is 0 Å². The smallest absolute Gasteiger partial charge is 0.0945 e. The fraction of sp³-hybridized carbons (Fsp3) is 0.625. The second kappa shape index (κ2) is 5.41. The molecule has 0 aliphatic carbocycles. The van der Waals surface area contributed by atoms with Crippen molar-refractivity contribution in [2.75, 3.05) is 6.54 Å². The van der Waals surface area contributed by atoms with Gasteiger partial charge in [0.2, 0.25) is 0 Å². The quantitative estimate of drug-likeness (QED) is 0.842. The van der Waals surface area contributed by atoms with Gasteiger partial charge in [0.05, 0.1) is 6.10 Å². The molecule has 0 aromatic heterocycles. The predicted molar refractivity (Wildman–Crippen MR) is 75.8 cm³/mol. The van der Waals surface area contributed by atoms with Crippen LogP contribution in [0.1, 0.15) is 48.1 Å². The van der Waals surface area contributed by atoms with Crippen molar-refractivity contribution in [2.24, 2.45) is 5.92 Å². The molecule has 1 fully saturated rings. The van der Waals surface area contributed by atoms with Crippen LogP contribution in [0.2, 0.25) is 0 Å². The molecule has 1 saturated heterocycles. The number of aliphatic hydroxyl groups is 1. The zero-order valence-electron chi connectivity index (χ0n) is 12.0. The van der Waals surface area contributed by atoms with Gasteiger partial charge in [0, 0.05) is 6.04 Å². The Kier molecular flexibility index (Phi) is 4.08. The summed E-state index contributed by atoms with van der Waals surface area (Å²) in [5.74, 6) is 0.706. The fourth-order valence-electron chi connectivity index (χ4n) is 2.91. The molecule has 0 spiro atoms. The van der Waals surface area contributed by atoms with Crippen molar-refractivity contribution in [3.63, 3.8) is 0 Å². The molecule has 1 aliphatic heterocycles. The molecule has 0 amide bonds. The van der Waals surface area contributed by atoms with E-state index in [1.807, 2.05) is 0 Å². The Balaban J connectivity index is 2.22. The molecule has 3 atom stereocenters. The highest BCUT2D eigenvalue weighted by Crippen LogP contribution is 2.29. The molecule has 1 aromatic carbocycles. The SMILES string of the molecule is Cc1cc(C)c(C(O)C2CC(C)CCN2)cc1C. The monoisotopic (exact) mass is 247 g/mol. The van der Waals surface area contributed by atoms with Crippen LogP contribution in [0.3, 0.4) is 0 Å². The highest BCUT2D eigenvalue weighted by Gasteiger charge is 2.26. The van der Waals surface area contributed by atoms with Crippen LogP contribution in [0.4, 0.5) is 0 Å². The van der Waals surface area contributed by atoms with Crippen LogP contribution in [0.15, 0.2) is 12.1 Å². The molecule has 2 rings (SSSR count). The summed E-state index contributed by atoms with van der Waals surface area (Å²) in [4.78, 5) is 0. The average molecular weight is 247 g/mol. The molecule has 1 heterocycles. The van der Waals surface area contributed by atoms with Crippen LogP contribution in [0.25, 0.3) is 0 Å². The van der Waals surface area contributed by atoms with Gasteiger partial charge >= 0.3 is 0 Å². The Bertz CT molecular complexity index is 427. The molecule has 2 N–H and O–H groups in total. The van der Waals surface area contributed by atoms with Crippen LogP contribution in [0, 0.1) is 26.7 Å². The molecule has 0 bridgehead atoms. The first kappa shape index (κ1) is 13.6. The first-order chi connectivity index (χ1) is 8.49. The van der Waals surface area contributed by atoms with Gasteiger partial charge in [0.15, 0.2) is 0 Å². The lowest BCUT2D eigenvalue weighted by molar-refractivity contribution is 0.101. The predicted octanol–water partition coefficient (Wildman–Crippen LogP) is 3.03. The van der Waals surface area contributed by atoms with E-state index in [2.05, 4.69) is 45.1 Å². The third kappa shape index (κ3) is 2.76. The molecule has 0 radical (unpaired) electrons. The van der Waals surface area contributed by atoms with E-state index in [1.165, 1.54) is 23.1 Å². The minimum atomic E-state index is -0.382. The van der Waals surface area contributed by atoms with E-state index in [0.717, 1.165) is 18.5 Å². The zero-order valence-corrected chi connectivity index (χ0v) is 12.0. The van der Waals surface area contributed by atoms with E-state index in [4.69, 9.17) is 0 Å². The molecule has 1 aromatic rings. The Morgan fingerprint density at radius 1 is 1.17 bits per heavy atom. The Hall–Kier alpha value is -0.860. The number of hydrogen-bond donors (Lipinski definition) is 2. The standard InChI is InChI=1S/C16H25NO/c1-10-5-6-17-15(7-10)16(18)14-9-12(3)11(2)8-13(14)4/h8-10,15-18H,5-7H2,1-4H3. The van der Waals surface area contributed by atoms with Gasteiger partial charge in [-0.1, -0.05) is 19.1 Å². The number of benzene rings is 1. The van der Waals surface area contributed by atoms with E-state index in [0.29, 0.717) is 5.92 Å². The molecular weight excluding hydrogens is 222 g/mol. The molecule has 3 unspecified atom stereocenters. The number of rotatable bonds is 2. The molecule has 1 aliphatic rings. The summed E-state index contributed by atoms with van der Waals surface area (Å²) >= 11 is 0. The minimum absolute atomic E-state index is 0.203.